The van der Waals surface area contributed by atoms with Crippen LogP contribution in [-0.4, -0.2) is 41.4 Å². The number of ether oxygens (including phenoxy) is 1. The Morgan fingerprint density at radius 3 is 2.51 bits per heavy atom. The van der Waals surface area contributed by atoms with Gasteiger partial charge in [0.2, 0.25) is 5.91 Å². The average Bonchev–Trinajstić information content (AvgIpc) is 3.59. The van der Waals surface area contributed by atoms with E-state index in [4.69, 9.17) is 4.74 Å². The minimum absolute atomic E-state index is 0.0630. The fraction of sp³-hybridized carbons (Fsp3) is 0.300. The highest BCUT2D eigenvalue weighted by Gasteiger charge is 2.35. The summed E-state index contributed by atoms with van der Waals surface area (Å²) in [5.74, 6) is -0.293. The molecule has 1 aliphatic carbocycles. The largest absolute Gasteiger partial charge is 0.445 e. The van der Waals surface area contributed by atoms with Crippen molar-refractivity contribution in [3.63, 3.8) is 0 Å². The van der Waals surface area contributed by atoms with Crippen LogP contribution in [0.5, 0.6) is 0 Å². The van der Waals surface area contributed by atoms with Crippen molar-refractivity contribution in [2.24, 2.45) is 0 Å². The topological polar surface area (TPSA) is 87.7 Å². The van der Waals surface area contributed by atoms with Gasteiger partial charge >= 0.3 is 6.09 Å². The first-order valence-corrected chi connectivity index (χ1v) is 12.8. The van der Waals surface area contributed by atoms with Crippen molar-refractivity contribution < 1.29 is 19.1 Å². The van der Waals surface area contributed by atoms with Crippen molar-refractivity contribution in [1.82, 2.24) is 10.2 Å². The molecule has 5 rings (SSSR count). The standard InChI is InChI=1S/C30H31N3O4/c1-20-25(22-10-5-11-23(18-22)28(34)31-24-15-16-24)12-6-13-26(20)32-29(35)27-14-7-17-33(27)30(36)37-19-21-8-3-2-4-9-21/h2-6,8-13,18,24,27H,7,14-17,19H2,1H3,(H,31,34)(H,32,35)/t27-/m0/s1. The molecule has 0 unspecified atom stereocenters. The van der Waals surface area contributed by atoms with Gasteiger partial charge in [0.15, 0.2) is 0 Å². The molecule has 1 aliphatic heterocycles. The number of carbonyl (C=O) groups is 3. The van der Waals surface area contributed by atoms with Gasteiger partial charge in [-0.1, -0.05) is 54.6 Å². The molecule has 0 bridgehead atoms. The highest BCUT2D eigenvalue weighted by Crippen LogP contribution is 2.30. The van der Waals surface area contributed by atoms with Crippen LogP contribution in [0.3, 0.4) is 0 Å². The van der Waals surface area contributed by atoms with Crippen molar-refractivity contribution >= 4 is 23.6 Å². The Bertz CT molecular complexity index is 1300. The van der Waals surface area contributed by atoms with E-state index in [0.717, 1.165) is 41.5 Å². The molecule has 3 amide bonds. The summed E-state index contributed by atoms with van der Waals surface area (Å²) in [6.45, 7) is 2.60. The van der Waals surface area contributed by atoms with E-state index < -0.39 is 12.1 Å². The van der Waals surface area contributed by atoms with Crippen LogP contribution in [0.25, 0.3) is 11.1 Å². The van der Waals surface area contributed by atoms with Gasteiger partial charge in [-0.2, -0.15) is 0 Å². The number of hydrogen-bond donors (Lipinski definition) is 2. The molecule has 0 aromatic heterocycles. The molecule has 3 aromatic rings. The van der Waals surface area contributed by atoms with Crippen LogP contribution in [0.4, 0.5) is 10.5 Å². The number of benzene rings is 3. The fourth-order valence-electron chi connectivity index (χ4n) is 4.68. The zero-order chi connectivity index (χ0) is 25.8. The Balaban J connectivity index is 1.27. The summed E-state index contributed by atoms with van der Waals surface area (Å²) in [5.41, 5.74) is 4.94. The molecule has 7 nitrogen and oxygen atoms in total. The van der Waals surface area contributed by atoms with E-state index in [1.807, 2.05) is 79.7 Å². The summed E-state index contributed by atoms with van der Waals surface area (Å²) in [5, 5.41) is 6.05. The number of nitrogens with one attached hydrogen (secondary N) is 2. The Morgan fingerprint density at radius 1 is 0.946 bits per heavy atom. The Kier molecular flexibility index (Phi) is 7.21. The van der Waals surface area contributed by atoms with Gasteiger partial charge < -0.3 is 15.4 Å². The normalized spacial score (nSPS) is 16.8. The van der Waals surface area contributed by atoms with Crippen LogP contribution < -0.4 is 10.6 Å². The number of nitrogens with zero attached hydrogens (tertiary/aromatic N) is 1. The van der Waals surface area contributed by atoms with E-state index in [0.29, 0.717) is 30.3 Å². The second-order valence-electron chi connectivity index (χ2n) is 9.69. The van der Waals surface area contributed by atoms with Gasteiger partial charge in [0.1, 0.15) is 12.6 Å². The monoisotopic (exact) mass is 497 g/mol. The molecule has 0 spiro atoms. The van der Waals surface area contributed by atoms with Gasteiger partial charge in [-0.05, 0) is 73.1 Å². The number of anilines is 1. The van der Waals surface area contributed by atoms with Gasteiger partial charge in [-0.3, -0.25) is 14.5 Å². The smallest absolute Gasteiger partial charge is 0.410 e. The molecule has 37 heavy (non-hydrogen) atoms. The Morgan fingerprint density at radius 2 is 1.73 bits per heavy atom. The van der Waals surface area contributed by atoms with Gasteiger partial charge in [0, 0.05) is 23.8 Å². The fourth-order valence-corrected chi connectivity index (χ4v) is 4.68. The third-order valence-corrected chi connectivity index (χ3v) is 6.94. The lowest BCUT2D eigenvalue weighted by Gasteiger charge is -2.24. The first-order chi connectivity index (χ1) is 18.0. The number of likely N-dealkylation sites (tertiary alicyclic amines) is 1. The molecule has 3 aromatic carbocycles. The lowest BCUT2D eigenvalue weighted by Crippen LogP contribution is -2.43. The van der Waals surface area contributed by atoms with Crippen molar-refractivity contribution in [3.05, 3.63) is 89.5 Å². The molecular weight excluding hydrogens is 466 g/mol. The van der Waals surface area contributed by atoms with E-state index in [-0.39, 0.29) is 18.4 Å². The van der Waals surface area contributed by atoms with Crippen molar-refractivity contribution in [2.45, 2.75) is 51.3 Å². The highest BCUT2D eigenvalue weighted by molar-refractivity contribution is 5.99. The first kappa shape index (κ1) is 24.6. The van der Waals surface area contributed by atoms with Crippen LogP contribution >= 0.6 is 0 Å². The van der Waals surface area contributed by atoms with Crippen molar-refractivity contribution in [3.8, 4) is 11.1 Å². The lowest BCUT2D eigenvalue weighted by atomic mass is 9.97. The number of rotatable bonds is 7. The maximum absolute atomic E-state index is 13.2. The summed E-state index contributed by atoms with van der Waals surface area (Å²) in [4.78, 5) is 40.0. The lowest BCUT2D eigenvalue weighted by molar-refractivity contribution is -0.120. The second kappa shape index (κ2) is 10.9. The number of carbonyl (C=O) groups excluding carboxylic acids is 3. The Hall–Kier alpha value is -4.13. The van der Waals surface area contributed by atoms with Crippen LogP contribution in [0.1, 0.15) is 47.2 Å². The molecule has 1 heterocycles. The summed E-state index contributed by atoms with van der Waals surface area (Å²) < 4.78 is 5.48. The molecule has 2 aliphatic rings. The van der Waals surface area contributed by atoms with Crippen molar-refractivity contribution in [2.75, 3.05) is 11.9 Å². The predicted octanol–water partition coefficient (Wildman–Crippen LogP) is 5.29. The minimum atomic E-state index is -0.583. The number of hydrogen-bond acceptors (Lipinski definition) is 4. The van der Waals surface area contributed by atoms with Gasteiger partial charge in [0.25, 0.3) is 5.91 Å². The zero-order valence-electron chi connectivity index (χ0n) is 20.9. The predicted molar refractivity (Wildman–Crippen MR) is 142 cm³/mol. The quantitative estimate of drug-likeness (QED) is 0.464. The summed E-state index contributed by atoms with van der Waals surface area (Å²) in [6, 6.07) is 22.4. The maximum Gasteiger partial charge on any atom is 0.410 e. The number of amides is 3. The average molecular weight is 498 g/mol. The molecule has 1 saturated carbocycles. The molecule has 1 saturated heterocycles. The second-order valence-corrected chi connectivity index (χ2v) is 9.69. The molecule has 190 valence electrons. The van der Waals surface area contributed by atoms with E-state index in [2.05, 4.69) is 10.6 Å². The minimum Gasteiger partial charge on any atom is -0.445 e. The Labute approximate surface area is 216 Å². The van der Waals surface area contributed by atoms with E-state index in [9.17, 15) is 14.4 Å². The molecule has 0 radical (unpaired) electrons. The van der Waals surface area contributed by atoms with E-state index >= 15 is 0 Å². The SMILES string of the molecule is Cc1c(NC(=O)[C@@H]2CCCN2C(=O)OCc2ccccc2)cccc1-c1cccc(C(=O)NC2CC2)c1. The highest BCUT2D eigenvalue weighted by atomic mass is 16.6. The third kappa shape index (κ3) is 5.82. The van der Waals surface area contributed by atoms with Crippen LogP contribution in [0.15, 0.2) is 72.8 Å². The van der Waals surface area contributed by atoms with Gasteiger partial charge in [-0.25, -0.2) is 4.79 Å². The molecule has 7 heteroatoms. The maximum atomic E-state index is 13.2. The first-order valence-electron chi connectivity index (χ1n) is 12.8. The van der Waals surface area contributed by atoms with Gasteiger partial charge in [-0.15, -0.1) is 0 Å². The van der Waals surface area contributed by atoms with E-state index in [1.165, 1.54) is 4.90 Å². The molecular formula is C30H31N3O4. The zero-order valence-corrected chi connectivity index (χ0v) is 20.9. The van der Waals surface area contributed by atoms with Crippen LogP contribution in [-0.2, 0) is 16.1 Å². The van der Waals surface area contributed by atoms with Crippen molar-refractivity contribution in [1.29, 1.82) is 0 Å². The van der Waals surface area contributed by atoms with Crippen LogP contribution in [0, 0.1) is 6.92 Å². The molecule has 2 fully saturated rings. The summed E-state index contributed by atoms with van der Waals surface area (Å²) >= 11 is 0. The van der Waals surface area contributed by atoms with Crippen LogP contribution in [0.2, 0.25) is 0 Å². The summed E-state index contributed by atoms with van der Waals surface area (Å²) in [6.07, 6.45) is 2.93. The molecule has 1 atom stereocenters. The third-order valence-electron chi connectivity index (χ3n) is 6.94. The van der Waals surface area contributed by atoms with Gasteiger partial charge in [0.05, 0.1) is 0 Å². The molecule has 2 N–H and O–H groups in total. The summed E-state index contributed by atoms with van der Waals surface area (Å²) in [7, 11) is 0. The van der Waals surface area contributed by atoms with E-state index in [1.54, 1.807) is 0 Å².